The number of para-hydroxylation sites is 2. The van der Waals surface area contributed by atoms with Gasteiger partial charge in [-0.05, 0) is 76.5 Å². The van der Waals surface area contributed by atoms with Gasteiger partial charge in [0.15, 0.2) is 0 Å². The normalized spacial score (nSPS) is 11.9. The fourth-order valence-corrected chi connectivity index (χ4v) is 8.83. The van der Waals surface area contributed by atoms with Crippen molar-refractivity contribution in [2.24, 2.45) is 0 Å². The van der Waals surface area contributed by atoms with E-state index in [9.17, 15) is 0 Å². The van der Waals surface area contributed by atoms with Gasteiger partial charge in [0, 0.05) is 47.4 Å². The van der Waals surface area contributed by atoms with Crippen LogP contribution in [-0.4, -0.2) is 0 Å². The van der Waals surface area contributed by atoms with Gasteiger partial charge in [-0.2, -0.15) is 0 Å². The summed E-state index contributed by atoms with van der Waals surface area (Å²) in [6.45, 7) is 0. The molecule has 0 N–H and O–H groups in total. The average Bonchev–Trinajstić information content (AvgIpc) is 3.04. The van der Waals surface area contributed by atoms with E-state index >= 15 is 0 Å². The molecule has 2 aliphatic heterocycles. The molecule has 0 saturated carbocycles. The minimum Gasteiger partial charge on any atom is -0.309 e. The van der Waals surface area contributed by atoms with Crippen molar-refractivity contribution in [3.05, 3.63) is 140 Å². The van der Waals surface area contributed by atoms with E-state index in [1.54, 1.807) is 0 Å². The maximum absolute atomic E-state index is 2.40. The van der Waals surface area contributed by atoms with Gasteiger partial charge in [-0.25, -0.2) is 0 Å². The van der Waals surface area contributed by atoms with E-state index in [-0.39, 0.29) is 0 Å². The predicted molar refractivity (Wildman–Crippen MR) is 180 cm³/mol. The summed E-state index contributed by atoms with van der Waals surface area (Å²) in [4.78, 5) is 2.40. The Bertz CT molecular complexity index is 2260. The zero-order valence-electron chi connectivity index (χ0n) is 22.0. The van der Waals surface area contributed by atoms with Gasteiger partial charge in [-0.15, -0.1) is 22.7 Å². The van der Waals surface area contributed by atoms with Crippen LogP contribution in [-0.2, 0) is 0 Å². The van der Waals surface area contributed by atoms with E-state index < -0.39 is 0 Å². The van der Waals surface area contributed by atoms with Crippen LogP contribution in [0.5, 0.6) is 0 Å². The average molecular weight is 558 g/mol. The Morgan fingerprint density at radius 2 is 1.00 bits per heavy atom. The van der Waals surface area contributed by atoms with Crippen LogP contribution in [0.2, 0.25) is 0 Å². The summed E-state index contributed by atoms with van der Waals surface area (Å²) in [5, 5.41) is 5.36. The van der Waals surface area contributed by atoms with Crippen molar-refractivity contribution in [1.29, 1.82) is 0 Å². The fourth-order valence-electron chi connectivity index (χ4n) is 6.40. The highest BCUT2D eigenvalue weighted by Crippen LogP contribution is 2.54. The molecule has 0 unspecified atom stereocenters. The Labute approximate surface area is 245 Å². The maximum atomic E-state index is 2.40. The summed E-state index contributed by atoms with van der Waals surface area (Å²) in [6.07, 6.45) is 0. The SMILES string of the molecule is c1ccc(-c2cc3ccc4sc5c(N(c6ccccc6)c6ccccc6)ccc6ccc7sc(c2)c3c4-c7c65)cc1. The van der Waals surface area contributed by atoms with Crippen LogP contribution in [0.25, 0.3) is 62.6 Å². The zero-order valence-corrected chi connectivity index (χ0v) is 23.7. The largest absolute Gasteiger partial charge is 0.309 e. The summed E-state index contributed by atoms with van der Waals surface area (Å²) in [5.41, 5.74) is 8.87. The third-order valence-electron chi connectivity index (χ3n) is 8.18. The summed E-state index contributed by atoms with van der Waals surface area (Å²) < 4.78 is 5.35. The quantitative estimate of drug-likeness (QED) is 0.154. The molecule has 0 fully saturated rings. The van der Waals surface area contributed by atoms with E-state index in [0.717, 1.165) is 11.4 Å². The van der Waals surface area contributed by atoms with Gasteiger partial charge in [-0.3, -0.25) is 0 Å². The Morgan fingerprint density at radius 1 is 0.415 bits per heavy atom. The van der Waals surface area contributed by atoms with Crippen LogP contribution in [0.15, 0.2) is 140 Å². The minimum absolute atomic E-state index is 1.16. The van der Waals surface area contributed by atoms with Crippen molar-refractivity contribution < 1.29 is 0 Å². The van der Waals surface area contributed by atoms with Crippen molar-refractivity contribution in [2.45, 2.75) is 0 Å². The molecule has 0 saturated heterocycles. The Morgan fingerprint density at radius 3 is 1.71 bits per heavy atom. The summed E-state index contributed by atoms with van der Waals surface area (Å²) in [5.74, 6) is 0. The number of rotatable bonds is 4. The van der Waals surface area contributed by atoms with E-state index in [4.69, 9.17) is 0 Å². The lowest BCUT2D eigenvalue weighted by atomic mass is 9.91. The lowest BCUT2D eigenvalue weighted by Crippen LogP contribution is -2.10. The summed E-state index contributed by atoms with van der Waals surface area (Å²) >= 11 is 3.84. The second-order valence-corrected chi connectivity index (χ2v) is 12.7. The van der Waals surface area contributed by atoms with Crippen molar-refractivity contribution in [3.63, 3.8) is 0 Å². The number of hydrogen-bond donors (Lipinski definition) is 0. The van der Waals surface area contributed by atoms with Gasteiger partial charge in [-0.1, -0.05) is 84.9 Å². The third-order valence-corrected chi connectivity index (χ3v) is 10.5. The van der Waals surface area contributed by atoms with Gasteiger partial charge in [0.1, 0.15) is 0 Å². The van der Waals surface area contributed by atoms with Crippen LogP contribution in [0.3, 0.4) is 0 Å². The highest BCUT2D eigenvalue weighted by molar-refractivity contribution is 7.27. The molecule has 0 atom stereocenters. The fraction of sp³-hybridized carbons (Fsp3) is 0. The third kappa shape index (κ3) is 3.46. The second-order valence-electron chi connectivity index (χ2n) is 10.5. The van der Waals surface area contributed by atoms with Crippen LogP contribution in [0, 0.1) is 0 Å². The number of benzene rings is 7. The molecule has 0 aliphatic carbocycles. The highest BCUT2D eigenvalue weighted by atomic mass is 32.1. The van der Waals surface area contributed by atoms with Crippen molar-refractivity contribution >= 4 is 80.1 Å². The Balaban J connectivity index is 1.39. The molecule has 0 bridgehead atoms. The smallest absolute Gasteiger partial charge is 0.0640 e. The van der Waals surface area contributed by atoms with Gasteiger partial charge in [0.25, 0.3) is 0 Å². The molecule has 2 aliphatic rings. The monoisotopic (exact) mass is 557 g/mol. The van der Waals surface area contributed by atoms with Crippen molar-refractivity contribution in [3.8, 4) is 22.3 Å². The van der Waals surface area contributed by atoms with Crippen molar-refractivity contribution in [1.82, 2.24) is 0 Å². The van der Waals surface area contributed by atoms with E-state index in [1.807, 2.05) is 22.7 Å². The molecule has 2 heterocycles. The van der Waals surface area contributed by atoms with E-state index in [0.29, 0.717) is 0 Å². The van der Waals surface area contributed by atoms with Gasteiger partial charge in [0.05, 0.1) is 10.4 Å². The van der Waals surface area contributed by atoms with Gasteiger partial charge >= 0.3 is 0 Å². The first-order chi connectivity index (χ1) is 20.3. The van der Waals surface area contributed by atoms with Crippen LogP contribution in [0.1, 0.15) is 0 Å². The van der Waals surface area contributed by atoms with E-state index in [1.165, 1.54) is 68.3 Å². The topological polar surface area (TPSA) is 3.24 Å². The first-order valence-corrected chi connectivity index (χ1v) is 15.5. The predicted octanol–water partition coefficient (Wildman–Crippen LogP) is 12.1. The first kappa shape index (κ1) is 23.0. The molecule has 192 valence electrons. The maximum Gasteiger partial charge on any atom is 0.0640 e. The highest BCUT2D eigenvalue weighted by Gasteiger charge is 2.25. The zero-order chi connectivity index (χ0) is 26.9. The number of nitrogens with zero attached hydrogens (tertiary/aromatic N) is 1. The molecular formula is C38H23NS2. The lowest BCUT2D eigenvalue weighted by molar-refractivity contribution is 1.30. The molecule has 1 nitrogen and oxygen atoms in total. The standard InChI is InChI=1S/C38H23NS2/c1-4-10-24(11-5-1)27-22-26-18-21-32-36-34(26)33(23-27)40-31-20-17-25-16-19-30(38(41-32)35(25)37(31)36)39(28-12-6-2-7-13-28)29-14-8-3-9-15-29/h1-23H. The van der Waals surface area contributed by atoms with Crippen molar-refractivity contribution in [2.75, 3.05) is 4.90 Å². The molecular weight excluding hydrogens is 535 g/mol. The molecule has 7 aromatic rings. The molecule has 7 aromatic carbocycles. The van der Waals surface area contributed by atoms with Gasteiger partial charge in [0.2, 0.25) is 0 Å². The molecule has 0 aromatic heterocycles. The molecule has 0 amide bonds. The number of anilines is 3. The molecule has 0 radical (unpaired) electrons. The molecule has 9 rings (SSSR count). The minimum atomic E-state index is 1.16. The number of hydrogen-bond acceptors (Lipinski definition) is 3. The second kappa shape index (κ2) is 8.90. The van der Waals surface area contributed by atoms with Gasteiger partial charge < -0.3 is 4.90 Å². The van der Waals surface area contributed by atoms with Crippen LogP contribution >= 0.6 is 22.7 Å². The summed E-state index contributed by atoms with van der Waals surface area (Å²) in [7, 11) is 0. The van der Waals surface area contributed by atoms with Crippen LogP contribution < -0.4 is 4.90 Å². The Kier molecular flexibility index (Phi) is 5.00. The summed E-state index contributed by atoms with van der Waals surface area (Å²) in [6, 6.07) is 50.8. The molecule has 3 heteroatoms. The Hall–Kier alpha value is -4.70. The molecule has 41 heavy (non-hydrogen) atoms. The van der Waals surface area contributed by atoms with Crippen LogP contribution in [0.4, 0.5) is 17.1 Å². The van der Waals surface area contributed by atoms with E-state index in [2.05, 4.69) is 144 Å². The first-order valence-electron chi connectivity index (χ1n) is 13.9. The lowest BCUT2D eigenvalue weighted by Gasteiger charge is -2.28. The molecule has 0 spiro atoms.